The minimum atomic E-state index is -0.335. The molecule has 0 aliphatic heterocycles. The van der Waals surface area contributed by atoms with Crippen molar-refractivity contribution in [3.63, 3.8) is 0 Å². The van der Waals surface area contributed by atoms with Gasteiger partial charge in [-0.15, -0.1) is 0 Å². The number of anilines is 2. The van der Waals surface area contributed by atoms with Gasteiger partial charge >= 0.3 is 5.97 Å². The Morgan fingerprint density at radius 2 is 2.06 bits per heavy atom. The Balaban J connectivity index is 2.59. The molecule has 18 heavy (non-hydrogen) atoms. The molecule has 0 aromatic heterocycles. The molecule has 0 saturated heterocycles. The Labute approximate surface area is 108 Å². The lowest BCUT2D eigenvalue weighted by molar-refractivity contribution is -0.870. The summed E-state index contributed by atoms with van der Waals surface area (Å²) in [6.07, 6.45) is 0. The van der Waals surface area contributed by atoms with Crippen molar-refractivity contribution in [2.24, 2.45) is 0 Å². The Morgan fingerprint density at radius 3 is 2.56 bits per heavy atom. The predicted octanol–water partition coefficient (Wildman–Crippen LogP) is 1.17. The number of esters is 1. The Hall–Kier alpha value is -1.75. The smallest absolute Gasteiger partial charge is 0.338 e. The molecule has 0 aliphatic rings. The van der Waals surface area contributed by atoms with Gasteiger partial charge in [-0.2, -0.15) is 0 Å². The van der Waals surface area contributed by atoms with E-state index in [0.717, 1.165) is 16.7 Å². The topological polar surface area (TPSA) is 64.3 Å². The number of quaternary nitrogens is 1. The third-order valence-corrected chi connectivity index (χ3v) is 2.55. The lowest BCUT2D eigenvalue weighted by Gasteiger charge is -2.23. The summed E-state index contributed by atoms with van der Waals surface area (Å²) < 4.78 is 5.96. The zero-order chi connectivity index (χ0) is 13.8. The molecule has 0 saturated carbocycles. The van der Waals surface area contributed by atoms with Gasteiger partial charge < -0.3 is 20.3 Å². The molecule has 3 N–H and O–H groups in total. The van der Waals surface area contributed by atoms with Crippen LogP contribution in [0.2, 0.25) is 0 Å². The van der Waals surface area contributed by atoms with Crippen LogP contribution in [0, 0.1) is 0 Å². The van der Waals surface area contributed by atoms with Crippen LogP contribution in [0.4, 0.5) is 11.4 Å². The molecule has 0 bridgehead atoms. The maximum absolute atomic E-state index is 11.8. The predicted molar refractivity (Wildman–Crippen MR) is 73.6 cm³/mol. The number of nitrogens with zero attached hydrogens (tertiary/aromatic N) is 1. The third-order valence-electron chi connectivity index (χ3n) is 2.55. The maximum Gasteiger partial charge on any atom is 0.338 e. The number of nitrogen functional groups attached to an aromatic ring is 1. The number of hydrogen-bond donors (Lipinski definition) is 2. The fourth-order valence-corrected chi connectivity index (χ4v) is 1.41. The van der Waals surface area contributed by atoms with Crippen LogP contribution in [0.15, 0.2) is 18.2 Å². The van der Waals surface area contributed by atoms with Crippen molar-refractivity contribution in [2.75, 3.05) is 52.4 Å². The second-order valence-corrected chi connectivity index (χ2v) is 5.20. The molecule has 0 aliphatic carbocycles. The summed E-state index contributed by atoms with van der Waals surface area (Å²) in [5.41, 5.74) is 7.62. The molecule has 0 unspecified atom stereocenters. The molecular formula is C13H22N3O2+. The van der Waals surface area contributed by atoms with Gasteiger partial charge in [-0.3, -0.25) is 0 Å². The summed E-state index contributed by atoms with van der Waals surface area (Å²) in [6, 6.07) is 5.10. The van der Waals surface area contributed by atoms with Crippen LogP contribution in [-0.2, 0) is 4.74 Å². The first-order valence-corrected chi connectivity index (χ1v) is 5.88. The zero-order valence-corrected chi connectivity index (χ0v) is 11.5. The minimum absolute atomic E-state index is 0.335. The van der Waals surface area contributed by atoms with Gasteiger partial charge in [-0.1, -0.05) is 0 Å². The van der Waals surface area contributed by atoms with Crippen molar-refractivity contribution in [3.05, 3.63) is 23.8 Å². The highest BCUT2D eigenvalue weighted by Gasteiger charge is 2.12. The monoisotopic (exact) mass is 252 g/mol. The van der Waals surface area contributed by atoms with Crippen molar-refractivity contribution in [2.45, 2.75) is 0 Å². The molecule has 0 radical (unpaired) electrons. The zero-order valence-electron chi connectivity index (χ0n) is 11.5. The average Bonchev–Trinajstić information content (AvgIpc) is 2.27. The number of hydrogen-bond acceptors (Lipinski definition) is 4. The maximum atomic E-state index is 11.8. The van der Waals surface area contributed by atoms with Crippen molar-refractivity contribution in [1.82, 2.24) is 0 Å². The molecule has 1 aromatic carbocycles. The molecule has 1 aromatic rings. The number of carbonyl (C=O) groups is 1. The normalized spacial score (nSPS) is 11.1. The van der Waals surface area contributed by atoms with E-state index >= 15 is 0 Å². The molecule has 5 heteroatoms. The van der Waals surface area contributed by atoms with E-state index in [1.165, 1.54) is 0 Å². The molecule has 0 atom stereocenters. The number of nitrogens with two attached hydrogens (primary N) is 1. The average molecular weight is 252 g/mol. The first-order valence-electron chi connectivity index (χ1n) is 5.88. The molecule has 0 heterocycles. The second kappa shape index (κ2) is 5.73. The summed E-state index contributed by atoms with van der Waals surface area (Å²) in [5, 5.41) is 2.94. The van der Waals surface area contributed by atoms with Crippen LogP contribution in [0.5, 0.6) is 0 Å². The van der Waals surface area contributed by atoms with Gasteiger partial charge in [-0.05, 0) is 18.2 Å². The Morgan fingerprint density at radius 1 is 1.39 bits per heavy atom. The number of benzene rings is 1. The minimum Gasteiger partial charge on any atom is -0.456 e. The molecule has 100 valence electrons. The number of nitrogens with one attached hydrogen (secondary N) is 1. The van der Waals surface area contributed by atoms with Crippen molar-refractivity contribution < 1.29 is 14.0 Å². The van der Waals surface area contributed by atoms with E-state index < -0.39 is 0 Å². The highest BCUT2D eigenvalue weighted by atomic mass is 16.5. The number of ether oxygens (including phenoxy) is 1. The van der Waals surface area contributed by atoms with Crippen LogP contribution in [0.1, 0.15) is 10.4 Å². The number of likely N-dealkylation sites (N-methyl/N-ethyl adjacent to an activating group) is 1. The SMILES string of the molecule is CNc1ccc(C(=O)OCC[N+](C)(C)C)cc1N. The fourth-order valence-electron chi connectivity index (χ4n) is 1.41. The van der Waals surface area contributed by atoms with Crippen LogP contribution < -0.4 is 11.1 Å². The van der Waals surface area contributed by atoms with Gasteiger partial charge in [0.25, 0.3) is 0 Å². The highest BCUT2D eigenvalue weighted by molar-refractivity contribution is 5.91. The highest BCUT2D eigenvalue weighted by Crippen LogP contribution is 2.19. The standard InChI is InChI=1S/C13H21N3O2/c1-15-12-6-5-10(9-11(12)14)13(17)18-8-7-16(2,3)4/h5-6,9H,7-8,14H2,1-4H3/p+1. The van der Waals surface area contributed by atoms with Crippen LogP contribution in [0.3, 0.4) is 0 Å². The largest absolute Gasteiger partial charge is 0.456 e. The summed E-state index contributed by atoms with van der Waals surface area (Å²) in [6.45, 7) is 1.17. The van der Waals surface area contributed by atoms with Crippen LogP contribution in [-0.4, -0.2) is 51.8 Å². The van der Waals surface area contributed by atoms with E-state index in [2.05, 4.69) is 5.32 Å². The molecule has 0 fully saturated rings. The van der Waals surface area contributed by atoms with Gasteiger partial charge in [0.2, 0.25) is 0 Å². The van der Waals surface area contributed by atoms with Gasteiger partial charge in [-0.25, -0.2) is 4.79 Å². The molecule has 1 rings (SSSR count). The molecular weight excluding hydrogens is 230 g/mol. The number of carbonyl (C=O) groups excluding carboxylic acids is 1. The third kappa shape index (κ3) is 4.25. The Bertz CT molecular complexity index is 425. The van der Waals surface area contributed by atoms with E-state index in [4.69, 9.17) is 10.5 Å². The van der Waals surface area contributed by atoms with Gasteiger partial charge in [0.15, 0.2) is 0 Å². The van der Waals surface area contributed by atoms with Crippen LogP contribution in [0.25, 0.3) is 0 Å². The fraction of sp³-hybridized carbons (Fsp3) is 0.462. The van der Waals surface area contributed by atoms with E-state index in [-0.39, 0.29) is 5.97 Å². The summed E-state index contributed by atoms with van der Waals surface area (Å²) in [4.78, 5) is 11.8. The van der Waals surface area contributed by atoms with Crippen molar-refractivity contribution >= 4 is 17.3 Å². The summed E-state index contributed by atoms with van der Waals surface area (Å²) in [7, 11) is 7.93. The summed E-state index contributed by atoms with van der Waals surface area (Å²) in [5.74, 6) is -0.335. The lowest BCUT2D eigenvalue weighted by Crippen LogP contribution is -2.38. The molecule has 0 amide bonds. The van der Waals surface area contributed by atoms with Crippen molar-refractivity contribution in [3.8, 4) is 0 Å². The quantitative estimate of drug-likeness (QED) is 0.469. The van der Waals surface area contributed by atoms with Gasteiger partial charge in [0.1, 0.15) is 13.2 Å². The Kier molecular flexibility index (Phi) is 4.55. The number of rotatable bonds is 5. The van der Waals surface area contributed by atoms with Gasteiger partial charge in [0.05, 0.1) is 38.1 Å². The van der Waals surface area contributed by atoms with Crippen molar-refractivity contribution in [1.29, 1.82) is 0 Å². The van der Waals surface area contributed by atoms with E-state index in [1.807, 2.05) is 21.1 Å². The first-order chi connectivity index (χ1) is 8.33. The lowest BCUT2D eigenvalue weighted by atomic mass is 10.2. The first kappa shape index (κ1) is 14.3. The molecule has 5 nitrogen and oxygen atoms in total. The van der Waals surface area contributed by atoms with Gasteiger partial charge in [0, 0.05) is 7.05 Å². The second-order valence-electron chi connectivity index (χ2n) is 5.20. The summed E-state index contributed by atoms with van der Waals surface area (Å²) >= 11 is 0. The van der Waals surface area contributed by atoms with E-state index in [1.54, 1.807) is 25.2 Å². The molecule has 0 spiro atoms. The van der Waals surface area contributed by atoms with E-state index in [9.17, 15) is 4.79 Å². The van der Waals surface area contributed by atoms with E-state index in [0.29, 0.717) is 17.9 Å². The van der Waals surface area contributed by atoms with Crippen LogP contribution >= 0.6 is 0 Å².